The van der Waals surface area contributed by atoms with Gasteiger partial charge in [-0.25, -0.2) is 0 Å². The summed E-state index contributed by atoms with van der Waals surface area (Å²) in [4.78, 5) is 0. The molecule has 0 aliphatic carbocycles. The van der Waals surface area contributed by atoms with Crippen LogP contribution in [-0.4, -0.2) is 25.8 Å². The van der Waals surface area contributed by atoms with Crippen molar-refractivity contribution < 1.29 is 10.1 Å². The zero-order chi connectivity index (χ0) is 5.82. The summed E-state index contributed by atoms with van der Waals surface area (Å²) in [5.41, 5.74) is 0. The van der Waals surface area contributed by atoms with Crippen LogP contribution < -0.4 is 5.32 Å². The lowest BCUT2D eigenvalue weighted by Gasteiger charge is -2.22. The molecule has 1 fully saturated rings. The Morgan fingerprint density at radius 3 is 2.75 bits per heavy atom. The van der Waals surface area contributed by atoms with Gasteiger partial charge < -0.3 is 10.1 Å². The Bertz CT molecular complexity index is 61.5. The summed E-state index contributed by atoms with van der Waals surface area (Å²) < 4.78 is 5.40. The summed E-state index contributed by atoms with van der Waals surface area (Å²) in [5, 5.41) is 2.26. The quantitative estimate of drug-likeness (QED) is 0.521. The van der Waals surface area contributed by atoms with E-state index in [0.29, 0.717) is 6.10 Å². The van der Waals surface area contributed by atoms with E-state index >= 15 is 0 Å². The van der Waals surface area contributed by atoms with Crippen LogP contribution in [0, 0.1) is 0 Å². The fourth-order valence-corrected chi connectivity index (χ4v) is 0.723. The van der Waals surface area contributed by atoms with Gasteiger partial charge in [0.2, 0.25) is 0 Å². The number of ether oxygens (including phenoxy) is 1. The highest BCUT2D eigenvalue weighted by Gasteiger charge is 2.20. The molecule has 2 heteroatoms. The average Bonchev–Trinajstić information content (AvgIpc) is 1.63. The van der Waals surface area contributed by atoms with Crippen molar-refractivity contribution in [2.75, 3.05) is 19.7 Å². The molecule has 0 amide bonds. The van der Waals surface area contributed by atoms with Crippen LogP contribution in [-0.2, 0) is 4.74 Å². The molecule has 0 aromatic carbocycles. The van der Waals surface area contributed by atoms with E-state index in [1.807, 2.05) is 0 Å². The van der Waals surface area contributed by atoms with E-state index in [1.165, 1.54) is 13.1 Å². The Labute approximate surface area is 50.2 Å². The van der Waals surface area contributed by atoms with Gasteiger partial charge in [-0.1, -0.05) is 6.92 Å². The van der Waals surface area contributed by atoms with Gasteiger partial charge in [-0.15, -0.1) is 0 Å². The second-order valence-electron chi connectivity index (χ2n) is 2.25. The van der Waals surface area contributed by atoms with E-state index < -0.39 is 0 Å². The standard InChI is InChI=1S/C6H13NO/c1-2-3-8-6-4-7-5-6/h6-7H,2-5H2,1H3/p+1. The molecule has 0 saturated carbocycles. The van der Waals surface area contributed by atoms with Crippen LogP contribution in [0.1, 0.15) is 13.3 Å². The highest BCUT2D eigenvalue weighted by molar-refractivity contribution is 4.57. The van der Waals surface area contributed by atoms with Crippen LogP contribution in [0.25, 0.3) is 0 Å². The molecule has 0 radical (unpaired) electrons. The van der Waals surface area contributed by atoms with Gasteiger partial charge in [0, 0.05) is 6.61 Å². The first-order valence-corrected chi connectivity index (χ1v) is 3.36. The number of quaternary nitrogens is 1. The molecule has 0 bridgehead atoms. The third-order valence-electron chi connectivity index (χ3n) is 1.42. The van der Waals surface area contributed by atoms with Gasteiger partial charge in [0.05, 0.1) is 0 Å². The topological polar surface area (TPSA) is 25.8 Å². The Hall–Kier alpha value is -0.0800. The molecule has 0 aromatic rings. The summed E-state index contributed by atoms with van der Waals surface area (Å²) in [6.45, 7) is 5.45. The number of rotatable bonds is 3. The SMILES string of the molecule is CCCOC1C[NH2+]C1. The molecule has 2 N–H and O–H groups in total. The lowest BCUT2D eigenvalue weighted by Crippen LogP contribution is -2.98. The summed E-state index contributed by atoms with van der Waals surface area (Å²) in [7, 11) is 0. The first-order chi connectivity index (χ1) is 3.93. The number of hydrogen-bond acceptors (Lipinski definition) is 1. The highest BCUT2D eigenvalue weighted by atomic mass is 16.5. The van der Waals surface area contributed by atoms with Gasteiger partial charge in [0.1, 0.15) is 13.1 Å². The van der Waals surface area contributed by atoms with Crippen molar-refractivity contribution in [3.05, 3.63) is 0 Å². The summed E-state index contributed by atoms with van der Waals surface area (Å²) in [6, 6.07) is 0. The van der Waals surface area contributed by atoms with Gasteiger partial charge in [0.15, 0.2) is 6.10 Å². The molecule has 0 unspecified atom stereocenters. The van der Waals surface area contributed by atoms with Crippen molar-refractivity contribution in [3.8, 4) is 0 Å². The molecule has 1 rings (SSSR count). The molecule has 2 nitrogen and oxygen atoms in total. The highest BCUT2D eigenvalue weighted by Crippen LogP contribution is 1.91. The number of hydrogen-bond donors (Lipinski definition) is 1. The fourth-order valence-electron chi connectivity index (χ4n) is 0.723. The van der Waals surface area contributed by atoms with E-state index in [0.717, 1.165) is 13.0 Å². The molecule has 1 aliphatic heterocycles. The molecule has 1 saturated heterocycles. The van der Waals surface area contributed by atoms with Crippen LogP contribution in [0.2, 0.25) is 0 Å². The summed E-state index contributed by atoms with van der Waals surface area (Å²) in [6.07, 6.45) is 1.73. The minimum Gasteiger partial charge on any atom is -0.366 e. The van der Waals surface area contributed by atoms with Crippen molar-refractivity contribution in [1.82, 2.24) is 0 Å². The first-order valence-electron chi connectivity index (χ1n) is 3.36. The van der Waals surface area contributed by atoms with Gasteiger partial charge in [-0.05, 0) is 6.42 Å². The maximum Gasteiger partial charge on any atom is 0.155 e. The molecular formula is C6H14NO+. The summed E-state index contributed by atoms with van der Waals surface area (Å²) in [5.74, 6) is 0. The predicted octanol–water partition coefficient (Wildman–Crippen LogP) is -0.641. The van der Waals surface area contributed by atoms with E-state index in [9.17, 15) is 0 Å². The smallest absolute Gasteiger partial charge is 0.155 e. The molecule has 0 aromatic heterocycles. The van der Waals surface area contributed by atoms with Crippen molar-refractivity contribution in [1.29, 1.82) is 0 Å². The Balaban J connectivity index is 1.86. The molecule has 0 atom stereocenters. The van der Waals surface area contributed by atoms with E-state index in [1.54, 1.807) is 0 Å². The Kier molecular flexibility index (Phi) is 2.30. The monoisotopic (exact) mass is 116 g/mol. The van der Waals surface area contributed by atoms with Gasteiger partial charge >= 0.3 is 0 Å². The maximum atomic E-state index is 5.40. The third-order valence-corrected chi connectivity index (χ3v) is 1.42. The summed E-state index contributed by atoms with van der Waals surface area (Å²) >= 11 is 0. The minimum absolute atomic E-state index is 0.579. The molecule has 8 heavy (non-hydrogen) atoms. The average molecular weight is 116 g/mol. The maximum absolute atomic E-state index is 5.40. The van der Waals surface area contributed by atoms with Crippen LogP contribution in [0.15, 0.2) is 0 Å². The van der Waals surface area contributed by atoms with E-state index in [4.69, 9.17) is 4.74 Å². The van der Waals surface area contributed by atoms with E-state index in [2.05, 4.69) is 12.2 Å². The second kappa shape index (κ2) is 3.05. The normalized spacial score (nSPS) is 20.6. The molecule has 48 valence electrons. The Morgan fingerprint density at radius 2 is 2.38 bits per heavy atom. The Morgan fingerprint density at radius 1 is 1.62 bits per heavy atom. The molecule has 0 spiro atoms. The minimum atomic E-state index is 0.579. The van der Waals surface area contributed by atoms with E-state index in [-0.39, 0.29) is 0 Å². The lowest BCUT2D eigenvalue weighted by molar-refractivity contribution is -0.724. The zero-order valence-corrected chi connectivity index (χ0v) is 5.39. The third kappa shape index (κ3) is 1.46. The molecule has 1 aliphatic rings. The van der Waals surface area contributed by atoms with Crippen molar-refractivity contribution in [3.63, 3.8) is 0 Å². The first kappa shape index (κ1) is 6.05. The van der Waals surface area contributed by atoms with Crippen LogP contribution in [0.3, 0.4) is 0 Å². The van der Waals surface area contributed by atoms with Crippen molar-refractivity contribution in [2.24, 2.45) is 0 Å². The lowest BCUT2D eigenvalue weighted by atomic mass is 10.2. The number of nitrogens with two attached hydrogens (primary N) is 1. The zero-order valence-electron chi connectivity index (χ0n) is 5.39. The van der Waals surface area contributed by atoms with Gasteiger partial charge in [-0.2, -0.15) is 0 Å². The van der Waals surface area contributed by atoms with Crippen LogP contribution in [0.5, 0.6) is 0 Å². The second-order valence-corrected chi connectivity index (χ2v) is 2.25. The van der Waals surface area contributed by atoms with Crippen LogP contribution in [0.4, 0.5) is 0 Å². The van der Waals surface area contributed by atoms with Crippen molar-refractivity contribution >= 4 is 0 Å². The predicted molar refractivity (Wildman–Crippen MR) is 31.7 cm³/mol. The van der Waals surface area contributed by atoms with Gasteiger partial charge in [0.25, 0.3) is 0 Å². The van der Waals surface area contributed by atoms with Crippen molar-refractivity contribution in [2.45, 2.75) is 19.4 Å². The fraction of sp³-hybridized carbons (Fsp3) is 1.00. The van der Waals surface area contributed by atoms with Gasteiger partial charge in [-0.3, -0.25) is 0 Å². The van der Waals surface area contributed by atoms with Crippen LogP contribution >= 0.6 is 0 Å². The molecular weight excluding hydrogens is 102 g/mol. The molecule has 1 heterocycles. The largest absolute Gasteiger partial charge is 0.366 e.